The minimum absolute atomic E-state index is 0.0221. The van der Waals surface area contributed by atoms with Crippen LogP contribution in [0.4, 0.5) is 19.0 Å². The second-order valence-electron chi connectivity index (χ2n) is 11.0. The summed E-state index contributed by atoms with van der Waals surface area (Å²) in [6, 6.07) is 10.8. The Morgan fingerprint density at radius 1 is 1.02 bits per heavy atom. The van der Waals surface area contributed by atoms with Gasteiger partial charge in [0.05, 0.1) is 24.6 Å². The van der Waals surface area contributed by atoms with Gasteiger partial charge in [-0.1, -0.05) is 24.2 Å². The molecular weight excluding hydrogens is 523 g/mol. The fraction of sp³-hybridized carbons (Fsp3) is 0.483. The topological polar surface area (TPSA) is 77.9 Å². The summed E-state index contributed by atoms with van der Waals surface area (Å²) in [6.45, 7) is 2.31. The van der Waals surface area contributed by atoms with Crippen molar-refractivity contribution in [1.82, 2.24) is 19.8 Å². The van der Waals surface area contributed by atoms with Gasteiger partial charge in [0.2, 0.25) is 0 Å². The van der Waals surface area contributed by atoms with E-state index in [9.17, 15) is 13.2 Å². The van der Waals surface area contributed by atoms with Crippen molar-refractivity contribution in [2.24, 2.45) is 0 Å². The van der Waals surface area contributed by atoms with E-state index in [0.29, 0.717) is 23.5 Å². The van der Waals surface area contributed by atoms with Crippen LogP contribution in [0.5, 0.6) is 5.75 Å². The largest absolute Gasteiger partial charge is 0.573 e. The number of ether oxygens (including phenoxy) is 2. The molecule has 7 rings (SSSR count). The molecule has 3 fully saturated rings. The number of imidazole rings is 1. The molecule has 3 aliphatic rings. The van der Waals surface area contributed by atoms with Crippen LogP contribution in [0.15, 0.2) is 47.1 Å². The number of para-hydroxylation sites is 1. The highest BCUT2D eigenvalue weighted by atomic mass is 19.4. The number of benzene rings is 1. The molecule has 2 atom stereocenters. The number of hydrogen-bond acceptors (Lipinski definition) is 7. The van der Waals surface area contributed by atoms with Gasteiger partial charge in [-0.05, 0) is 69.2 Å². The smallest absolute Gasteiger partial charge is 0.405 e. The van der Waals surface area contributed by atoms with Gasteiger partial charge >= 0.3 is 6.36 Å². The van der Waals surface area contributed by atoms with Gasteiger partial charge in [0.15, 0.2) is 5.65 Å². The van der Waals surface area contributed by atoms with E-state index in [1.165, 1.54) is 12.1 Å². The highest BCUT2D eigenvalue weighted by molar-refractivity contribution is 5.70. The van der Waals surface area contributed by atoms with Crippen LogP contribution in [0.3, 0.4) is 0 Å². The van der Waals surface area contributed by atoms with Crippen molar-refractivity contribution >= 4 is 11.5 Å². The van der Waals surface area contributed by atoms with Crippen molar-refractivity contribution in [2.75, 3.05) is 4.90 Å². The Morgan fingerprint density at radius 3 is 2.52 bits per heavy atom. The molecule has 2 unspecified atom stereocenters. The number of alkyl halides is 3. The van der Waals surface area contributed by atoms with Crippen molar-refractivity contribution in [1.29, 1.82) is 0 Å². The number of anilines is 1. The van der Waals surface area contributed by atoms with E-state index >= 15 is 0 Å². The minimum atomic E-state index is -4.81. The Balaban J connectivity index is 1.09. The first kappa shape index (κ1) is 25.4. The minimum Gasteiger partial charge on any atom is -0.405 e. The Labute approximate surface area is 229 Å². The molecule has 210 valence electrons. The number of aromatic nitrogens is 4. The van der Waals surface area contributed by atoms with Crippen molar-refractivity contribution in [2.45, 2.75) is 88.9 Å². The highest BCUT2D eigenvalue weighted by Gasteiger charge is 2.43. The first-order valence-electron chi connectivity index (χ1n) is 13.9. The maximum absolute atomic E-state index is 13.1. The first-order chi connectivity index (χ1) is 19.4. The van der Waals surface area contributed by atoms with Crippen LogP contribution in [-0.2, 0) is 17.8 Å². The zero-order valence-electron chi connectivity index (χ0n) is 22.1. The van der Waals surface area contributed by atoms with Crippen LogP contribution >= 0.6 is 0 Å². The van der Waals surface area contributed by atoms with Gasteiger partial charge in [0.25, 0.3) is 0 Å². The van der Waals surface area contributed by atoms with E-state index in [-0.39, 0.29) is 29.9 Å². The lowest BCUT2D eigenvalue weighted by Crippen LogP contribution is -2.46. The Hall–Kier alpha value is -3.60. The molecule has 1 saturated carbocycles. The predicted octanol–water partition coefficient (Wildman–Crippen LogP) is 6.44. The molecule has 0 radical (unpaired) electrons. The van der Waals surface area contributed by atoms with E-state index in [0.717, 1.165) is 67.7 Å². The molecule has 0 amide bonds. The molecule has 1 aromatic carbocycles. The summed E-state index contributed by atoms with van der Waals surface area (Å²) < 4.78 is 57.6. The summed E-state index contributed by atoms with van der Waals surface area (Å²) in [5.74, 6) is 1.59. The van der Waals surface area contributed by atoms with E-state index in [1.807, 2.05) is 16.8 Å². The average molecular weight is 554 g/mol. The molecule has 40 heavy (non-hydrogen) atoms. The summed E-state index contributed by atoms with van der Waals surface area (Å²) in [4.78, 5) is 7.02. The van der Waals surface area contributed by atoms with Crippen molar-refractivity contribution < 1.29 is 27.2 Å². The fourth-order valence-electron chi connectivity index (χ4n) is 6.28. The Kier molecular flexibility index (Phi) is 6.21. The third-order valence-corrected chi connectivity index (χ3v) is 8.27. The van der Waals surface area contributed by atoms with Crippen molar-refractivity contribution in [3.8, 4) is 17.0 Å². The van der Waals surface area contributed by atoms with Gasteiger partial charge < -0.3 is 18.9 Å². The highest BCUT2D eigenvalue weighted by Crippen LogP contribution is 2.46. The van der Waals surface area contributed by atoms with Crippen LogP contribution in [0, 0.1) is 0 Å². The number of piperidine rings is 1. The normalized spacial score (nSPS) is 22.8. The first-order valence-corrected chi connectivity index (χ1v) is 13.9. The summed E-state index contributed by atoms with van der Waals surface area (Å²) in [7, 11) is 0. The molecule has 5 heterocycles. The van der Waals surface area contributed by atoms with Crippen LogP contribution in [0.2, 0.25) is 0 Å². The lowest BCUT2D eigenvalue weighted by Gasteiger charge is -2.39. The van der Waals surface area contributed by atoms with Crippen molar-refractivity contribution in [3.63, 3.8) is 0 Å². The summed E-state index contributed by atoms with van der Waals surface area (Å²) in [5.41, 5.74) is 3.19. The molecule has 8 nitrogen and oxygen atoms in total. The molecule has 1 aliphatic carbocycles. The van der Waals surface area contributed by atoms with E-state index < -0.39 is 6.36 Å². The molecular formula is C29H30F3N5O3. The second-order valence-corrected chi connectivity index (χ2v) is 11.0. The van der Waals surface area contributed by atoms with E-state index in [1.54, 1.807) is 12.1 Å². The molecule has 3 aromatic heterocycles. The number of aryl methyl sites for hydroxylation is 1. The predicted molar refractivity (Wildman–Crippen MR) is 140 cm³/mol. The third kappa shape index (κ3) is 4.80. The lowest BCUT2D eigenvalue weighted by molar-refractivity contribution is -0.274. The molecule has 4 aromatic rings. The van der Waals surface area contributed by atoms with Gasteiger partial charge in [0.1, 0.15) is 23.0 Å². The number of nitrogens with zero attached hydrogens (tertiary/aromatic N) is 5. The van der Waals surface area contributed by atoms with Crippen LogP contribution < -0.4 is 9.64 Å². The van der Waals surface area contributed by atoms with Crippen LogP contribution in [0.1, 0.15) is 68.4 Å². The van der Waals surface area contributed by atoms with E-state index in [2.05, 4.69) is 32.8 Å². The molecule has 2 bridgehead atoms. The van der Waals surface area contributed by atoms with Gasteiger partial charge in [-0.25, -0.2) is 9.50 Å². The molecule has 0 N–H and O–H groups in total. The maximum Gasteiger partial charge on any atom is 0.573 e. The van der Waals surface area contributed by atoms with Gasteiger partial charge in [-0.2, -0.15) is 0 Å². The fourth-order valence-corrected chi connectivity index (χ4v) is 6.28. The third-order valence-electron chi connectivity index (χ3n) is 8.27. The van der Waals surface area contributed by atoms with Gasteiger partial charge in [0, 0.05) is 29.1 Å². The second kappa shape index (κ2) is 9.79. The standard InChI is InChI=1S/C29H30F3N5O3/c1-2-18-15-36-25(33-18)11-12-26(34-36)37-19-9-10-20(37)14-21(13-19)38-16-23-27(35-40-28(23)17-7-8-17)22-5-3-4-6-24(22)39-29(30,31)32/h3-6,11-12,15,17,19-21H,2,7-10,13-14,16H2,1H3. The molecule has 11 heteroatoms. The van der Waals surface area contributed by atoms with Crippen LogP contribution in [0.25, 0.3) is 16.9 Å². The van der Waals surface area contributed by atoms with Gasteiger partial charge in [-0.15, -0.1) is 18.3 Å². The number of rotatable bonds is 8. The quantitative estimate of drug-likeness (QED) is 0.249. The number of hydrogen-bond donors (Lipinski definition) is 0. The summed E-state index contributed by atoms with van der Waals surface area (Å²) in [5, 5.41) is 9.07. The number of halogens is 3. The monoisotopic (exact) mass is 553 g/mol. The summed E-state index contributed by atoms with van der Waals surface area (Å²) in [6.07, 6.45) is 3.86. The molecule has 0 spiro atoms. The van der Waals surface area contributed by atoms with Crippen LogP contribution in [-0.4, -0.2) is 44.3 Å². The Morgan fingerprint density at radius 2 is 1.80 bits per heavy atom. The zero-order chi connectivity index (χ0) is 27.4. The lowest BCUT2D eigenvalue weighted by atomic mass is 9.99. The molecule has 2 aliphatic heterocycles. The SMILES string of the molecule is CCc1cn2nc(N3C4CCC3CC(OCc3c(-c5ccccc5OC(F)(F)F)noc3C3CC3)C4)ccc2n1. The zero-order valence-corrected chi connectivity index (χ0v) is 22.1. The average Bonchev–Trinajstić information content (AvgIpc) is 3.45. The molecule has 2 saturated heterocycles. The van der Waals surface area contributed by atoms with Crippen molar-refractivity contribution in [3.05, 3.63) is 59.6 Å². The Bertz CT molecular complexity index is 1510. The van der Waals surface area contributed by atoms with Gasteiger partial charge in [-0.3, -0.25) is 0 Å². The summed E-state index contributed by atoms with van der Waals surface area (Å²) >= 11 is 0. The van der Waals surface area contributed by atoms with E-state index in [4.69, 9.17) is 14.4 Å². The maximum atomic E-state index is 13.1. The number of fused-ring (bicyclic) bond motifs is 3.